The third-order valence-corrected chi connectivity index (χ3v) is 5.91. The molecule has 0 atom stereocenters. The summed E-state index contributed by atoms with van der Waals surface area (Å²) in [4.78, 5) is 31.7. The number of hydrogen-bond acceptors (Lipinski definition) is 4. The summed E-state index contributed by atoms with van der Waals surface area (Å²) in [5.41, 5.74) is 3.73. The van der Waals surface area contributed by atoms with E-state index in [1.807, 2.05) is 42.5 Å². The fourth-order valence-electron chi connectivity index (χ4n) is 3.77. The van der Waals surface area contributed by atoms with Crippen molar-refractivity contribution in [3.63, 3.8) is 0 Å². The topological polar surface area (TPSA) is 91.9 Å². The molecule has 0 unspecified atom stereocenters. The molecule has 4 rings (SSSR count). The molecule has 0 aliphatic rings. The van der Waals surface area contributed by atoms with Crippen molar-refractivity contribution in [3.05, 3.63) is 63.2 Å². The Labute approximate surface area is 190 Å². The summed E-state index contributed by atoms with van der Waals surface area (Å²) >= 11 is 5.44. The molecule has 2 aromatic heterocycles. The van der Waals surface area contributed by atoms with Crippen molar-refractivity contribution in [1.82, 2.24) is 14.5 Å². The number of H-pyrrole nitrogens is 2. The molecule has 0 aliphatic carbocycles. The van der Waals surface area contributed by atoms with Crippen molar-refractivity contribution in [1.29, 1.82) is 0 Å². The van der Waals surface area contributed by atoms with Gasteiger partial charge in [-0.15, -0.1) is 0 Å². The zero-order valence-corrected chi connectivity index (χ0v) is 19.1. The molecule has 0 saturated heterocycles. The Bertz CT molecular complexity index is 1400. The van der Waals surface area contributed by atoms with Gasteiger partial charge < -0.3 is 20.0 Å². The highest BCUT2D eigenvalue weighted by atomic mass is 32.1. The molecule has 3 N–H and O–H groups in total. The molecule has 7 nitrogen and oxygen atoms in total. The van der Waals surface area contributed by atoms with Crippen LogP contribution < -0.4 is 15.6 Å². The fraction of sp³-hybridized carbons (Fsp3) is 0.292. The first-order valence-electron chi connectivity index (χ1n) is 10.6. The Morgan fingerprint density at radius 3 is 2.56 bits per heavy atom. The lowest BCUT2D eigenvalue weighted by Gasteiger charge is -2.09. The van der Waals surface area contributed by atoms with E-state index in [1.165, 1.54) is 10.1 Å². The molecule has 32 heavy (non-hydrogen) atoms. The smallest absolute Gasteiger partial charge is 0.278 e. The average Bonchev–Trinajstić information content (AvgIpc) is 3.14. The Balaban J connectivity index is 1.47. The van der Waals surface area contributed by atoms with Crippen molar-refractivity contribution in [3.8, 4) is 5.75 Å². The van der Waals surface area contributed by atoms with E-state index in [9.17, 15) is 9.59 Å². The van der Waals surface area contributed by atoms with Crippen LogP contribution in [0.2, 0.25) is 0 Å². The number of aromatic amines is 2. The Morgan fingerprint density at radius 1 is 1.12 bits per heavy atom. The summed E-state index contributed by atoms with van der Waals surface area (Å²) in [5.74, 6) is 1.05. The molecule has 0 aliphatic heterocycles. The number of hydrogen-bond donors (Lipinski definition) is 3. The Kier molecular flexibility index (Phi) is 6.14. The van der Waals surface area contributed by atoms with Crippen LogP contribution in [-0.2, 0) is 11.3 Å². The molecule has 166 valence electrons. The van der Waals surface area contributed by atoms with Gasteiger partial charge in [0.05, 0.1) is 12.6 Å². The number of nitrogens with zero attached hydrogens (tertiary/aromatic N) is 1. The van der Waals surface area contributed by atoms with Crippen molar-refractivity contribution >= 4 is 45.7 Å². The van der Waals surface area contributed by atoms with Gasteiger partial charge in [-0.05, 0) is 60.5 Å². The molecule has 2 heterocycles. The van der Waals surface area contributed by atoms with E-state index in [4.69, 9.17) is 17.0 Å². The summed E-state index contributed by atoms with van der Waals surface area (Å²) < 4.78 is 7.11. The molecular formula is C24H26N4O3S. The number of rotatable bonds is 7. The SMILES string of the molecule is COc1ccc2[nH]c3c(=O)n(CCCC(=O)Nc4ccc(C(C)C)cc4)c(=S)[nH]c3c2c1. The summed E-state index contributed by atoms with van der Waals surface area (Å²) in [5, 5.41) is 3.75. The van der Waals surface area contributed by atoms with Crippen LogP contribution in [0.1, 0.15) is 38.2 Å². The highest BCUT2D eigenvalue weighted by Gasteiger charge is 2.13. The molecule has 1 amide bonds. The Morgan fingerprint density at radius 2 is 1.88 bits per heavy atom. The van der Waals surface area contributed by atoms with Gasteiger partial charge in [-0.1, -0.05) is 26.0 Å². The minimum atomic E-state index is -0.205. The third-order valence-electron chi connectivity index (χ3n) is 5.59. The van der Waals surface area contributed by atoms with Gasteiger partial charge in [0, 0.05) is 29.6 Å². The van der Waals surface area contributed by atoms with Crippen LogP contribution in [0, 0.1) is 4.77 Å². The lowest BCUT2D eigenvalue weighted by atomic mass is 10.0. The van der Waals surface area contributed by atoms with Crippen LogP contribution in [-0.4, -0.2) is 27.6 Å². The van der Waals surface area contributed by atoms with E-state index in [-0.39, 0.29) is 17.9 Å². The van der Waals surface area contributed by atoms with E-state index in [0.29, 0.717) is 40.4 Å². The number of anilines is 1. The molecule has 8 heteroatoms. The molecule has 0 bridgehead atoms. The maximum Gasteiger partial charge on any atom is 0.278 e. The number of carbonyl (C=O) groups excluding carboxylic acids is 1. The predicted molar refractivity (Wildman–Crippen MR) is 130 cm³/mol. The van der Waals surface area contributed by atoms with Gasteiger partial charge in [0.25, 0.3) is 5.56 Å². The van der Waals surface area contributed by atoms with Crippen molar-refractivity contribution < 1.29 is 9.53 Å². The Hall–Kier alpha value is -3.39. The van der Waals surface area contributed by atoms with Gasteiger partial charge in [0.2, 0.25) is 5.91 Å². The fourth-order valence-corrected chi connectivity index (χ4v) is 4.04. The van der Waals surface area contributed by atoms with Crippen LogP contribution >= 0.6 is 12.2 Å². The molecule has 2 aromatic carbocycles. The predicted octanol–water partition coefficient (Wildman–Crippen LogP) is 5.09. The highest BCUT2D eigenvalue weighted by Crippen LogP contribution is 2.26. The monoisotopic (exact) mass is 450 g/mol. The van der Waals surface area contributed by atoms with Crippen LogP contribution in [0.5, 0.6) is 5.75 Å². The minimum absolute atomic E-state index is 0.0935. The number of carbonyl (C=O) groups is 1. The second-order valence-corrected chi connectivity index (χ2v) is 8.49. The van der Waals surface area contributed by atoms with Crippen LogP contribution in [0.25, 0.3) is 21.9 Å². The summed E-state index contributed by atoms with van der Waals surface area (Å²) in [6, 6.07) is 13.4. The minimum Gasteiger partial charge on any atom is -0.497 e. The summed E-state index contributed by atoms with van der Waals surface area (Å²) in [6.07, 6.45) is 0.780. The molecular weight excluding hydrogens is 424 g/mol. The molecule has 4 aromatic rings. The number of aromatic nitrogens is 3. The van der Waals surface area contributed by atoms with E-state index in [1.54, 1.807) is 7.11 Å². The van der Waals surface area contributed by atoms with Gasteiger partial charge >= 0.3 is 0 Å². The van der Waals surface area contributed by atoms with E-state index < -0.39 is 0 Å². The number of amides is 1. The number of ether oxygens (including phenoxy) is 1. The van der Waals surface area contributed by atoms with Gasteiger partial charge in [-0.25, -0.2) is 0 Å². The number of benzene rings is 2. The number of nitrogens with one attached hydrogen (secondary N) is 3. The summed E-state index contributed by atoms with van der Waals surface area (Å²) in [7, 11) is 1.60. The van der Waals surface area contributed by atoms with E-state index >= 15 is 0 Å². The second kappa shape index (κ2) is 9.00. The molecule has 0 radical (unpaired) electrons. The van der Waals surface area contributed by atoms with Crippen LogP contribution in [0.15, 0.2) is 47.3 Å². The summed E-state index contributed by atoms with van der Waals surface area (Å²) in [6.45, 7) is 4.61. The van der Waals surface area contributed by atoms with Crippen molar-refractivity contribution in [2.45, 2.75) is 39.2 Å². The lowest BCUT2D eigenvalue weighted by Crippen LogP contribution is -2.23. The standard InChI is InChI=1S/C24H26N4O3S/c1-14(2)15-6-8-16(9-7-15)25-20(29)5-4-12-28-23(30)22-21(27-24(28)32)18-13-17(31-3)10-11-19(18)26-22/h6-11,13-14,26H,4-5,12H2,1-3H3,(H,25,29)(H,27,32). The normalized spacial score (nSPS) is 11.4. The maximum absolute atomic E-state index is 13.0. The zero-order valence-electron chi connectivity index (χ0n) is 18.3. The molecule has 0 saturated carbocycles. The first kappa shape index (κ1) is 21.8. The van der Waals surface area contributed by atoms with E-state index in [2.05, 4.69) is 29.1 Å². The van der Waals surface area contributed by atoms with Crippen molar-refractivity contribution in [2.75, 3.05) is 12.4 Å². The largest absolute Gasteiger partial charge is 0.497 e. The molecule has 0 spiro atoms. The van der Waals surface area contributed by atoms with Gasteiger partial charge in [-0.2, -0.15) is 0 Å². The van der Waals surface area contributed by atoms with Crippen LogP contribution in [0.3, 0.4) is 0 Å². The van der Waals surface area contributed by atoms with Crippen LogP contribution in [0.4, 0.5) is 5.69 Å². The third kappa shape index (κ3) is 4.31. The second-order valence-electron chi connectivity index (χ2n) is 8.10. The van der Waals surface area contributed by atoms with Gasteiger partial charge in [0.1, 0.15) is 11.3 Å². The zero-order chi connectivity index (χ0) is 22.8. The first-order valence-corrected chi connectivity index (χ1v) is 11.0. The van der Waals surface area contributed by atoms with E-state index in [0.717, 1.165) is 16.6 Å². The maximum atomic E-state index is 13.0. The first-order chi connectivity index (χ1) is 15.4. The number of fused-ring (bicyclic) bond motifs is 3. The highest BCUT2D eigenvalue weighted by molar-refractivity contribution is 7.71. The number of methoxy groups -OCH3 is 1. The average molecular weight is 451 g/mol. The van der Waals surface area contributed by atoms with Gasteiger partial charge in [0.15, 0.2) is 4.77 Å². The lowest BCUT2D eigenvalue weighted by molar-refractivity contribution is -0.116. The quantitative estimate of drug-likeness (QED) is 0.342. The van der Waals surface area contributed by atoms with Crippen molar-refractivity contribution in [2.24, 2.45) is 0 Å². The molecule has 0 fully saturated rings. The van der Waals surface area contributed by atoms with Gasteiger partial charge in [-0.3, -0.25) is 14.2 Å².